The molecule has 4 heteroatoms. The molecular weight excluding hydrogens is 127 g/mol. The van der Waals surface area contributed by atoms with Crippen LogP contribution in [-0.4, -0.2) is 11.1 Å². The van der Waals surface area contributed by atoms with E-state index in [1.807, 2.05) is 0 Å². The van der Waals surface area contributed by atoms with Gasteiger partial charge in [0.05, 0.1) is 0 Å². The van der Waals surface area contributed by atoms with E-state index in [-0.39, 0.29) is 20.8 Å². The Labute approximate surface area is 47.8 Å². The molecule has 0 saturated heterocycles. The van der Waals surface area contributed by atoms with Crippen molar-refractivity contribution in [3.05, 3.63) is 0 Å². The molecule has 1 N–H and O–H groups in total. The van der Waals surface area contributed by atoms with E-state index in [1.165, 1.54) is 0 Å². The quantitative estimate of drug-likeness (QED) is 0.572. The zero-order chi connectivity index (χ0) is 6.41. The number of carboxylic acids is 1. The van der Waals surface area contributed by atoms with E-state index in [0.717, 1.165) is 0 Å². The van der Waals surface area contributed by atoms with Crippen molar-refractivity contribution >= 4 is 13.9 Å². The third kappa shape index (κ3) is 5.48. The van der Waals surface area contributed by atoms with Crippen molar-refractivity contribution < 1.29 is 14.5 Å². The minimum absolute atomic E-state index is 0.00917. The first-order valence-corrected chi connectivity index (χ1v) is 2.85. The third-order valence-electron chi connectivity index (χ3n) is 0.515. The van der Waals surface area contributed by atoms with E-state index in [4.69, 9.17) is 5.11 Å². The fraction of sp³-hybridized carbons (Fsp3) is 0.500. The molecule has 0 aromatic rings. The first-order valence-electron chi connectivity index (χ1n) is 2.04. The summed E-state index contributed by atoms with van der Waals surface area (Å²) in [6, 6.07) is 0. The summed E-state index contributed by atoms with van der Waals surface area (Å²) in [7, 11) is -0.213. The van der Waals surface area contributed by atoms with Crippen LogP contribution in [0.2, 0.25) is 0 Å². The van der Waals surface area contributed by atoms with Gasteiger partial charge in [-0.15, -0.1) is 0 Å². The van der Waals surface area contributed by atoms with E-state index < -0.39 is 5.97 Å². The Kier molecular flexibility index (Phi) is 4.33. The minimum atomic E-state index is -0.888. The topological polar surface area (TPSA) is 54.4 Å². The van der Waals surface area contributed by atoms with Crippen molar-refractivity contribution in [2.24, 2.45) is 0 Å². The molecule has 44 valence electrons. The molecule has 0 unspecified atom stereocenters. The number of hydrogen-bond acceptors (Lipinski definition) is 2. The van der Waals surface area contributed by atoms with Gasteiger partial charge in [-0.3, -0.25) is 0 Å². The molecule has 0 aromatic carbocycles. The molecule has 0 bridgehead atoms. The van der Waals surface area contributed by atoms with Crippen molar-refractivity contribution in [1.82, 2.24) is 0 Å². The normalized spacial score (nSPS) is 7.50. The number of carbonyl (C=O) groups is 1. The molecule has 0 spiro atoms. The number of aliphatic carboxylic acids is 1. The summed E-state index contributed by atoms with van der Waals surface area (Å²) < 4.78 is 9.58. The van der Waals surface area contributed by atoms with Gasteiger partial charge in [-0.05, 0) is 0 Å². The molecule has 0 amide bonds. The van der Waals surface area contributed by atoms with Gasteiger partial charge in [0.1, 0.15) is 0 Å². The Morgan fingerprint density at radius 1 is 1.75 bits per heavy atom. The summed E-state index contributed by atoms with van der Waals surface area (Å²) in [6.07, 6.45) is 0.260. The standard InChI is InChI=1S/C4H5O3P/c5-4(6)2-1-3-8-7/h1-2H2,(H,5,6). The van der Waals surface area contributed by atoms with Crippen LogP contribution in [0.25, 0.3) is 0 Å². The number of hydrogen-bond donors (Lipinski definition) is 1. The fourth-order valence-corrected chi connectivity index (χ4v) is 0.412. The van der Waals surface area contributed by atoms with E-state index >= 15 is 0 Å². The van der Waals surface area contributed by atoms with Crippen LogP contribution in [0, 0.1) is 5.63 Å². The van der Waals surface area contributed by atoms with Crippen LogP contribution >= 0.6 is 7.92 Å². The van der Waals surface area contributed by atoms with Crippen molar-refractivity contribution in [3.8, 4) is 5.63 Å². The Morgan fingerprint density at radius 3 is 2.75 bits per heavy atom. The molecule has 0 heterocycles. The summed E-state index contributed by atoms with van der Waals surface area (Å²) in [4.78, 5) is 9.73. The third-order valence-corrected chi connectivity index (χ3v) is 0.868. The Hall–Kier alpha value is -0.520. The van der Waals surface area contributed by atoms with Gasteiger partial charge >= 0.3 is 46.8 Å². The van der Waals surface area contributed by atoms with Gasteiger partial charge in [0.25, 0.3) is 0 Å². The summed E-state index contributed by atoms with van der Waals surface area (Å²) >= 11 is 0. The van der Waals surface area contributed by atoms with Gasteiger partial charge < -0.3 is 0 Å². The van der Waals surface area contributed by atoms with Crippen molar-refractivity contribution in [3.63, 3.8) is 0 Å². The molecule has 0 aliphatic carbocycles. The second-order valence-electron chi connectivity index (χ2n) is 1.14. The van der Waals surface area contributed by atoms with Crippen molar-refractivity contribution in [1.29, 1.82) is 0 Å². The first-order chi connectivity index (χ1) is 3.77. The Bertz CT molecular complexity index is 167. The van der Waals surface area contributed by atoms with Gasteiger partial charge in [-0.25, -0.2) is 0 Å². The molecule has 3 nitrogen and oxygen atoms in total. The second-order valence-corrected chi connectivity index (χ2v) is 1.64. The molecule has 0 radical (unpaired) electrons. The second kappa shape index (κ2) is 4.63. The average molecular weight is 132 g/mol. The molecule has 0 fully saturated rings. The molecule has 0 rings (SSSR count). The number of rotatable bonds is 2. The van der Waals surface area contributed by atoms with Crippen LogP contribution in [0.5, 0.6) is 0 Å². The Balaban J connectivity index is 3.28. The van der Waals surface area contributed by atoms with Crippen LogP contribution in [0.4, 0.5) is 0 Å². The van der Waals surface area contributed by atoms with E-state index in [2.05, 4.69) is 5.63 Å². The molecule has 0 saturated carbocycles. The van der Waals surface area contributed by atoms with E-state index in [9.17, 15) is 9.36 Å². The number of carboxylic acid groups (broad SMARTS) is 1. The first kappa shape index (κ1) is 7.48. The maximum atomic E-state index is 9.73. The molecule has 0 aliphatic rings. The Morgan fingerprint density at radius 2 is 2.38 bits per heavy atom. The molecule has 0 atom stereocenters. The van der Waals surface area contributed by atoms with Crippen LogP contribution < -0.4 is 0 Å². The predicted octanol–water partition coefficient (Wildman–Crippen LogP) is 1.10. The molecule has 0 aliphatic heterocycles. The summed E-state index contributed by atoms with van der Waals surface area (Å²) in [5.41, 5.74) is 2.32. The summed E-state index contributed by atoms with van der Waals surface area (Å²) in [5.74, 6) is -0.888. The summed E-state index contributed by atoms with van der Waals surface area (Å²) in [5, 5.41) is 7.99. The van der Waals surface area contributed by atoms with Gasteiger partial charge in [-0.2, -0.15) is 0 Å². The maximum absolute atomic E-state index is 9.73. The van der Waals surface area contributed by atoms with Crippen molar-refractivity contribution in [2.45, 2.75) is 12.8 Å². The monoisotopic (exact) mass is 132 g/mol. The van der Waals surface area contributed by atoms with E-state index in [0.29, 0.717) is 0 Å². The van der Waals surface area contributed by atoms with Gasteiger partial charge in [0, 0.05) is 0 Å². The van der Waals surface area contributed by atoms with Gasteiger partial charge in [0.15, 0.2) is 0 Å². The van der Waals surface area contributed by atoms with E-state index in [1.54, 1.807) is 0 Å². The van der Waals surface area contributed by atoms with Crippen LogP contribution in [-0.2, 0) is 9.36 Å². The SMILES string of the molecule is O=P#CCCC(=O)O. The summed E-state index contributed by atoms with van der Waals surface area (Å²) in [6.45, 7) is 0. The average Bonchev–Trinajstić information content (AvgIpc) is 1.66. The van der Waals surface area contributed by atoms with Gasteiger partial charge in [-0.1, -0.05) is 0 Å². The zero-order valence-electron chi connectivity index (χ0n) is 4.13. The molecule has 0 aromatic heterocycles. The van der Waals surface area contributed by atoms with Crippen LogP contribution in [0.1, 0.15) is 12.8 Å². The molecular formula is C4H5O3P. The molecule has 8 heavy (non-hydrogen) atoms. The van der Waals surface area contributed by atoms with Gasteiger partial charge in [0.2, 0.25) is 0 Å². The predicted molar refractivity (Wildman–Crippen MR) is 28.4 cm³/mol. The van der Waals surface area contributed by atoms with Crippen LogP contribution in [0.15, 0.2) is 0 Å². The van der Waals surface area contributed by atoms with Crippen LogP contribution in [0.3, 0.4) is 0 Å². The zero-order valence-corrected chi connectivity index (χ0v) is 5.02. The fourth-order valence-electron chi connectivity index (χ4n) is 0.208. The van der Waals surface area contributed by atoms with Crippen molar-refractivity contribution in [2.75, 3.05) is 0 Å².